The van der Waals surface area contributed by atoms with Crippen LogP contribution in [0.5, 0.6) is 0 Å². The molecule has 2 rings (SSSR count). The molecule has 0 radical (unpaired) electrons. The first-order valence-corrected chi connectivity index (χ1v) is 6.60. The van der Waals surface area contributed by atoms with Gasteiger partial charge in [0.2, 0.25) is 5.85 Å². The maximum Gasteiger partial charge on any atom is 0.236 e. The normalized spacial score (nSPS) is 24.8. The molecule has 0 fully saturated rings. The van der Waals surface area contributed by atoms with Gasteiger partial charge >= 0.3 is 0 Å². The van der Waals surface area contributed by atoms with Gasteiger partial charge in [-0.25, -0.2) is 4.39 Å². The van der Waals surface area contributed by atoms with Crippen molar-refractivity contribution in [2.45, 2.75) is 25.6 Å². The molecule has 106 valence electrons. The monoisotopic (exact) mass is 276 g/mol. The van der Waals surface area contributed by atoms with E-state index in [-0.39, 0.29) is 17.9 Å². The summed E-state index contributed by atoms with van der Waals surface area (Å²) in [6, 6.07) is 8.70. The number of allylic oxidation sites excluding steroid dienone is 2. The number of Topliss-reactive ketones (excluding diaryl/α,β-unsaturated/α-hetero) is 1. The lowest BCUT2D eigenvalue weighted by Crippen LogP contribution is -2.32. The molecule has 1 aliphatic rings. The highest BCUT2D eigenvalue weighted by Gasteiger charge is 2.36. The molecule has 0 saturated carbocycles. The first kappa shape index (κ1) is 14.5. The van der Waals surface area contributed by atoms with Gasteiger partial charge in [-0.15, -0.1) is 0 Å². The highest BCUT2D eigenvalue weighted by Crippen LogP contribution is 2.31. The predicted molar refractivity (Wildman–Crippen MR) is 74.8 cm³/mol. The zero-order valence-corrected chi connectivity index (χ0v) is 11.3. The van der Waals surface area contributed by atoms with E-state index in [1.807, 2.05) is 13.0 Å². The Morgan fingerprint density at radius 2 is 2.10 bits per heavy atom. The molecule has 1 atom stereocenters. The fourth-order valence-corrected chi connectivity index (χ4v) is 2.01. The summed E-state index contributed by atoms with van der Waals surface area (Å²) in [7, 11) is 0. The molecule has 0 bridgehead atoms. The van der Waals surface area contributed by atoms with Gasteiger partial charge in [0.25, 0.3) is 0 Å². The van der Waals surface area contributed by atoms with E-state index in [0.717, 1.165) is 0 Å². The molecular weight excluding hydrogens is 259 g/mol. The van der Waals surface area contributed by atoms with Crippen molar-refractivity contribution in [3.63, 3.8) is 0 Å². The topological polar surface area (TPSA) is 46.5 Å². The number of halogens is 1. The molecule has 1 aliphatic carbocycles. The number of alkyl halides is 1. The van der Waals surface area contributed by atoms with Gasteiger partial charge in [0.1, 0.15) is 5.76 Å². The minimum absolute atomic E-state index is 0.115. The Labute approximate surface area is 117 Å². The van der Waals surface area contributed by atoms with Crippen LogP contribution >= 0.6 is 0 Å². The standard InChI is InChI=1S/C16H17FO3/c1-2-10-20-16(17)9-8-13(14(18)11-16)15(19)12-6-4-3-5-7-12/h3-9,19H,2,10-11H2,1H3. The van der Waals surface area contributed by atoms with Crippen molar-refractivity contribution < 1.29 is 19.0 Å². The number of aliphatic hydroxyl groups excluding tert-OH is 1. The van der Waals surface area contributed by atoms with Crippen LogP contribution in [0, 0.1) is 0 Å². The Balaban J connectivity index is 2.28. The summed E-state index contributed by atoms with van der Waals surface area (Å²) in [6.07, 6.45) is 2.75. The molecule has 0 amide bonds. The van der Waals surface area contributed by atoms with E-state index in [0.29, 0.717) is 12.0 Å². The lowest BCUT2D eigenvalue weighted by molar-refractivity contribution is -0.138. The molecule has 1 aromatic rings. The average Bonchev–Trinajstić information content (AvgIpc) is 2.46. The Kier molecular flexibility index (Phi) is 4.35. The number of rotatable bonds is 4. The quantitative estimate of drug-likeness (QED) is 0.675. The molecule has 0 aromatic heterocycles. The number of benzene rings is 1. The molecule has 3 nitrogen and oxygen atoms in total. The van der Waals surface area contributed by atoms with Crippen LogP contribution in [0.15, 0.2) is 48.1 Å². The van der Waals surface area contributed by atoms with E-state index in [2.05, 4.69) is 0 Å². The van der Waals surface area contributed by atoms with Gasteiger partial charge in [0.05, 0.1) is 18.6 Å². The Morgan fingerprint density at radius 3 is 2.70 bits per heavy atom. The fourth-order valence-electron chi connectivity index (χ4n) is 2.01. The van der Waals surface area contributed by atoms with Crippen molar-refractivity contribution in [2.24, 2.45) is 0 Å². The number of carbonyl (C=O) groups is 1. The van der Waals surface area contributed by atoms with Gasteiger partial charge in [0, 0.05) is 5.56 Å². The van der Waals surface area contributed by atoms with Crippen molar-refractivity contribution in [3.05, 3.63) is 53.6 Å². The molecular formula is C16H17FO3. The van der Waals surface area contributed by atoms with Crippen molar-refractivity contribution >= 4 is 11.5 Å². The van der Waals surface area contributed by atoms with E-state index in [1.165, 1.54) is 12.2 Å². The summed E-state index contributed by atoms with van der Waals surface area (Å²) < 4.78 is 19.3. The van der Waals surface area contributed by atoms with Gasteiger partial charge in [0.15, 0.2) is 5.78 Å². The van der Waals surface area contributed by atoms with Crippen LogP contribution in [0.3, 0.4) is 0 Å². The average molecular weight is 276 g/mol. The molecule has 0 aliphatic heterocycles. The molecule has 1 aromatic carbocycles. The van der Waals surface area contributed by atoms with E-state index < -0.39 is 18.1 Å². The van der Waals surface area contributed by atoms with E-state index >= 15 is 0 Å². The molecule has 0 spiro atoms. The zero-order chi connectivity index (χ0) is 14.6. The van der Waals surface area contributed by atoms with Gasteiger partial charge in [-0.2, -0.15) is 0 Å². The lowest BCUT2D eigenvalue weighted by Gasteiger charge is -2.25. The second kappa shape index (κ2) is 6.01. The Hall–Kier alpha value is -1.94. The molecule has 1 N–H and O–H groups in total. The summed E-state index contributed by atoms with van der Waals surface area (Å²) in [4.78, 5) is 12.0. The lowest BCUT2D eigenvalue weighted by atomic mass is 9.94. The highest BCUT2D eigenvalue weighted by molar-refractivity contribution is 6.05. The minimum Gasteiger partial charge on any atom is -0.507 e. The van der Waals surface area contributed by atoms with Crippen molar-refractivity contribution in [1.82, 2.24) is 0 Å². The summed E-state index contributed by atoms with van der Waals surface area (Å²) in [5, 5.41) is 10.1. The fraction of sp³-hybridized carbons (Fsp3) is 0.312. The molecule has 4 heteroatoms. The zero-order valence-electron chi connectivity index (χ0n) is 11.3. The van der Waals surface area contributed by atoms with Crippen molar-refractivity contribution in [3.8, 4) is 0 Å². The first-order chi connectivity index (χ1) is 9.56. The molecule has 0 heterocycles. The smallest absolute Gasteiger partial charge is 0.236 e. The van der Waals surface area contributed by atoms with Crippen LogP contribution in [0.25, 0.3) is 5.76 Å². The number of aliphatic hydroxyl groups is 1. The van der Waals surface area contributed by atoms with Gasteiger partial charge < -0.3 is 9.84 Å². The maximum absolute atomic E-state index is 14.2. The van der Waals surface area contributed by atoms with Crippen molar-refractivity contribution in [1.29, 1.82) is 0 Å². The van der Waals surface area contributed by atoms with Crippen LogP contribution in [0.2, 0.25) is 0 Å². The van der Waals surface area contributed by atoms with Crippen LogP contribution in [-0.4, -0.2) is 23.4 Å². The van der Waals surface area contributed by atoms with Gasteiger partial charge in [-0.3, -0.25) is 4.79 Å². The van der Waals surface area contributed by atoms with Gasteiger partial charge in [-0.1, -0.05) is 37.3 Å². The third-order valence-corrected chi connectivity index (χ3v) is 3.05. The van der Waals surface area contributed by atoms with E-state index in [4.69, 9.17) is 4.74 Å². The van der Waals surface area contributed by atoms with Crippen LogP contribution < -0.4 is 0 Å². The third kappa shape index (κ3) is 3.14. The second-order valence-electron chi connectivity index (χ2n) is 4.70. The summed E-state index contributed by atoms with van der Waals surface area (Å²) in [6.45, 7) is 2.11. The Bertz CT molecular complexity index is 548. The summed E-state index contributed by atoms with van der Waals surface area (Å²) in [5.41, 5.74) is 0.644. The number of hydrogen-bond acceptors (Lipinski definition) is 3. The SMILES string of the molecule is CCCOC1(F)C=CC(=C(O)c2ccccc2)C(=O)C1. The molecule has 1 unspecified atom stereocenters. The molecule has 20 heavy (non-hydrogen) atoms. The molecule has 0 saturated heterocycles. The third-order valence-electron chi connectivity index (χ3n) is 3.05. The number of ether oxygens (including phenoxy) is 1. The van der Waals surface area contributed by atoms with Gasteiger partial charge in [-0.05, 0) is 18.6 Å². The highest BCUT2D eigenvalue weighted by atomic mass is 19.2. The van der Waals surface area contributed by atoms with E-state index in [9.17, 15) is 14.3 Å². The summed E-state index contributed by atoms with van der Waals surface area (Å²) in [5.74, 6) is -2.66. The second-order valence-corrected chi connectivity index (χ2v) is 4.70. The number of carbonyl (C=O) groups excluding carboxylic acids is 1. The summed E-state index contributed by atoms with van der Waals surface area (Å²) >= 11 is 0. The van der Waals surface area contributed by atoms with Crippen LogP contribution in [-0.2, 0) is 9.53 Å². The number of ketones is 1. The maximum atomic E-state index is 14.2. The number of hydrogen-bond donors (Lipinski definition) is 1. The largest absolute Gasteiger partial charge is 0.507 e. The van der Waals surface area contributed by atoms with E-state index in [1.54, 1.807) is 24.3 Å². The van der Waals surface area contributed by atoms with Crippen LogP contribution in [0.4, 0.5) is 4.39 Å². The van der Waals surface area contributed by atoms with Crippen LogP contribution in [0.1, 0.15) is 25.3 Å². The predicted octanol–water partition coefficient (Wildman–Crippen LogP) is 3.58. The first-order valence-electron chi connectivity index (χ1n) is 6.60. The minimum atomic E-state index is -2.06. The Morgan fingerprint density at radius 1 is 1.40 bits per heavy atom. The van der Waals surface area contributed by atoms with Crippen molar-refractivity contribution in [2.75, 3.05) is 6.61 Å².